The minimum Gasteiger partial charge on any atom is -0.457 e. The topological polar surface area (TPSA) is 9.23 Å². The monoisotopic (exact) mass is 332 g/mol. The lowest BCUT2D eigenvalue weighted by atomic mass is 9.83. The van der Waals surface area contributed by atoms with Crippen molar-refractivity contribution in [1.29, 1.82) is 0 Å². The van der Waals surface area contributed by atoms with Gasteiger partial charge in [-0.05, 0) is 53.8 Å². The number of ether oxygens (including phenoxy) is 1. The zero-order chi connectivity index (χ0) is 14.6. The molecule has 106 valence electrons. The molecule has 0 heterocycles. The standard InChI is InChI=1S/C18H21BrO/c1-4-18(2,3)13-14-5-9-16(10-6-14)20-17-11-7-15(19)8-12-17/h5-12H,4,13H2,1-3H3. The molecule has 0 aromatic heterocycles. The maximum atomic E-state index is 5.82. The summed E-state index contributed by atoms with van der Waals surface area (Å²) < 4.78 is 6.88. The molecule has 0 atom stereocenters. The highest BCUT2D eigenvalue weighted by Crippen LogP contribution is 2.28. The maximum absolute atomic E-state index is 5.82. The molecule has 0 aliphatic rings. The number of benzene rings is 2. The van der Waals surface area contributed by atoms with Crippen LogP contribution in [0.1, 0.15) is 32.8 Å². The van der Waals surface area contributed by atoms with Crippen molar-refractivity contribution < 1.29 is 4.74 Å². The first-order valence-corrected chi connectivity index (χ1v) is 7.80. The normalized spacial score (nSPS) is 11.4. The van der Waals surface area contributed by atoms with Crippen molar-refractivity contribution in [3.05, 3.63) is 58.6 Å². The molecule has 0 fully saturated rings. The van der Waals surface area contributed by atoms with Gasteiger partial charge in [-0.3, -0.25) is 0 Å². The van der Waals surface area contributed by atoms with Crippen LogP contribution in [0, 0.1) is 5.41 Å². The highest BCUT2D eigenvalue weighted by molar-refractivity contribution is 9.10. The smallest absolute Gasteiger partial charge is 0.127 e. The van der Waals surface area contributed by atoms with E-state index in [2.05, 4.69) is 48.8 Å². The molecule has 0 saturated heterocycles. The second-order valence-corrected chi connectivity index (χ2v) is 6.81. The van der Waals surface area contributed by atoms with Crippen molar-refractivity contribution in [1.82, 2.24) is 0 Å². The number of hydrogen-bond donors (Lipinski definition) is 0. The van der Waals surface area contributed by atoms with E-state index in [0.29, 0.717) is 5.41 Å². The van der Waals surface area contributed by atoms with Crippen LogP contribution in [0.2, 0.25) is 0 Å². The van der Waals surface area contributed by atoms with Crippen LogP contribution in [0.15, 0.2) is 53.0 Å². The van der Waals surface area contributed by atoms with E-state index >= 15 is 0 Å². The Morgan fingerprint density at radius 2 is 1.40 bits per heavy atom. The Morgan fingerprint density at radius 3 is 1.90 bits per heavy atom. The lowest BCUT2D eigenvalue weighted by molar-refractivity contribution is 0.349. The molecule has 0 amide bonds. The first kappa shape index (κ1) is 15.1. The summed E-state index contributed by atoms with van der Waals surface area (Å²) >= 11 is 3.42. The summed E-state index contributed by atoms with van der Waals surface area (Å²) in [6, 6.07) is 16.3. The maximum Gasteiger partial charge on any atom is 0.127 e. The van der Waals surface area contributed by atoms with Crippen molar-refractivity contribution in [2.24, 2.45) is 5.41 Å². The van der Waals surface area contributed by atoms with Gasteiger partial charge in [0.1, 0.15) is 11.5 Å². The molecule has 0 aliphatic heterocycles. The van der Waals surface area contributed by atoms with E-state index in [4.69, 9.17) is 4.74 Å². The van der Waals surface area contributed by atoms with Crippen molar-refractivity contribution in [3.63, 3.8) is 0 Å². The van der Waals surface area contributed by atoms with Gasteiger partial charge in [-0.15, -0.1) is 0 Å². The third-order valence-corrected chi connectivity index (χ3v) is 4.14. The van der Waals surface area contributed by atoms with E-state index in [1.807, 2.05) is 36.4 Å². The van der Waals surface area contributed by atoms with Gasteiger partial charge in [0.05, 0.1) is 0 Å². The van der Waals surface area contributed by atoms with Gasteiger partial charge in [-0.1, -0.05) is 55.3 Å². The molecular formula is C18H21BrO. The molecule has 2 heteroatoms. The summed E-state index contributed by atoms with van der Waals surface area (Å²) in [5.74, 6) is 1.74. The summed E-state index contributed by atoms with van der Waals surface area (Å²) in [6.45, 7) is 6.85. The van der Waals surface area contributed by atoms with Gasteiger partial charge in [-0.2, -0.15) is 0 Å². The molecular weight excluding hydrogens is 312 g/mol. The van der Waals surface area contributed by atoms with Crippen molar-refractivity contribution >= 4 is 15.9 Å². The minimum absolute atomic E-state index is 0.355. The van der Waals surface area contributed by atoms with Crippen molar-refractivity contribution in [2.45, 2.75) is 33.6 Å². The average Bonchev–Trinajstić information content (AvgIpc) is 2.43. The third-order valence-electron chi connectivity index (χ3n) is 3.61. The highest BCUT2D eigenvalue weighted by atomic mass is 79.9. The summed E-state index contributed by atoms with van der Waals surface area (Å²) in [6.07, 6.45) is 2.28. The Morgan fingerprint density at radius 1 is 0.900 bits per heavy atom. The van der Waals surface area contributed by atoms with Gasteiger partial charge in [0.25, 0.3) is 0 Å². The van der Waals surface area contributed by atoms with Crippen LogP contribution in [0.3, 0.4) is 0 Å². The number of rotatable bonds is 5. The largest absolute Gasteiger partial charge is 0.457 e. The predicted molar refractivity (Wildman–Crippen MR) is 88.4 cm³/mol. The van der Waals surface area contributed by atoms with Crippen LogP contribution in [0.5, 0.6) is 11.5 Å². The van der Waals surface area contributed by atoms with Crippen LogP contribution >= 0.6 is 15.9 Å². The van der Waals surface area contributed by atoms with Gasteiger partial charge < -0.3 is 4.74 Å². The number of halogens is 1. The molecule has 0 saturated carbocycles. The summed E-state index contributed by atoms with van der Waals surface area (Å²) in [5, 5.41) is 0. The SMILES string of the molecule is CCC(C)(C)Cc1ccc(Oc2ccc(Br)cc2)cc1. The van der Waals surface area contributed by atoms with Gasteiger partial charge in [0.15, 0.2) is 0 Å². The van der Waals surface area contributed by atoms with Gasteiger partial charge >= 0.3 is 0 Å². The van der Waals surface area contributed by atoms with Crippen molar-refractivity contribution in [3.8, 4) is 11.5 Å². The van der Waals surface area contributed by atoms with Crippen LogP contribution < -0.4 is 4.74 Å². The van der Waals surface area contributed by atoms with Gasteiger partial charge in [-0.25, -0.2) is 0 Å². The number of hydrogen-bond acceptors (Lipinski definition) is 1. The highest BCUT2D eigenvalue weighted by Gasteiger charge is 2.15. The Labute approximate surface area is 130 Å². The molecule has 1 nitrogen and oxygen atoms in total. The van der Waals surface area contributed by atoms with Crippen LogP contribution in [0.25, 0.3) is 0 Å². The summed E-state index contributed by atoms with van der Waals surface area (Å²) in [7, 11) is 0. The fourth-order valence-corrected chi connectivity index (χ4v) is 2.26. The van der Waals surface area contributed by atoms with E-state index in [-0.39, 0.29) is 0 Å². The third kappa shape index (κ3) is 4.38. The first-order chi connectivity index (χ1) is 9.48. The molecule has 2 aromatic rings. The molecule has 0 radical (unpaired) electrons. The second kappa shape index (κ2) is 6.45. The molecule has 0 bridgehead atoms. The summed E-state index contributed by atoms with van der Waals surface area (Å²) in [5.41, 5.74) is 1.72. The van der Waals surface area contributed by atoms with E-state index < -0.39 is 0 Å². The lowest BCUT2D eigenvalue weighted by Crippen LogP contribution is -2.13. The Hall–Kier alpha value is -1.28. The van der Waals surface area contributed by atoms with Gasteiger partial charge in [0, 0.05) is 4.47 Å². The molecule has 0 aliphatic carbocycles. The zero-order valence-electron chi connectivity index (χ0n) is 12.3. The van der Waals surface area contributed by atoms with Crippen LogP contribution in [0.4, 0.5) is 0 Å². The lowest BCUT2D eigenvalue weighted by Gasteiger charge is -2.22. The fourth-order valence-electron chi connectivity index (χ4n) is 1.99. The minimum atomic E-state index is 0.355. The Balaban J connectivity index is 2.03. The van der Waals surface area contributed by atoms with E-state index in [1.165, 1.54) is 12.0 Å². The molecule has 2 rings (SSSR count). The van der Waals surface area contributed by atoms with E-state index in [0.717, 1.165) is 22.4 Å². The van der Waals surface area contributed by atoms with Crippen LogP contribution in [-0.2, 0) is 6.42 Å². The first-order valence-electron chi connectivity index (χ1n) is 7.01. The molecule has 20 heavy (non-hydrogen) atoms. The van der Waals surface area contributed by atoms with Crippen LogP contribution in [-0.4, -0.2) is 0 Å². The van der Waals surface area contributed by atoms with E-state index in [1.54, 1.807) is 0 Å². The van der Waals surface area contributed by atoms with Gasteiger partial charge in [0.2, 0.25) is 0 Å². The Bertz CT molecular complexity index is 541. The van der Waals surface area contributed by atoms with Crippen molar-refractivity contribution in [2.75, 3.05) is 0 Å². The Kier molecular flexibility index (Phi) is 4.87. The molecule has 2 aromatic carbocycles. The second-order valence-electron chi connectivity index (χ2n) is 5.89. The average molecular weight is 333 g/mol. The molecule has 0 spiro atoms. The quantitative estimate of drug-likeness (QED) is 0.631. The molecule has 0 unspecified atom stereocenters. The summed E-state index contributed by atoms with van der Waals surface area (Å²) in [4.78, 5) is 0. The van der Waals surface area contributed by atoms with E-state index in [9.17, 15) is 0 Å². The fraction of sp³-hybridized carbons (Fsp3) is 0.333. The predicted octanol–water partition coefficient (Wildman–Crippen LogP) is 6.22. The molecule has 0 N–H and O–H groups in total. The zero-order valence-corrected chi connectivity index (χ0v) is 13.9.